The molecule has 27 heavy (non-hydrogen) atoms. The number of amides is 1. The Bertz CT molecular complexity index is 785. The highest BCUT2D eigenvalue weighted by atomic mass is 79.9. The van der Waals surface area contributed by atoms with E-state index >= 15 is 0 Å². The van der Waals surface area contributed by atoms with Crippen LogP contribution in [-0.4, -0.2) is 25.7 Å². The molecule has 0 aliphatic carbocycles. The van der Waals surface area contributed by atoms with Crippen LogP contribution in [0.15, 0.2) is 40.9 Å². The molecule has 2 rings (SSSR count). The van der Waals surface area contributed by atoms with E-state index in [1.54, 1.807) is 0 Å². The quantitative estimate of drug-likeness (QED) is 0.617. The Hall–Kier alpha value is -2.28. The Kier molecular flexibility index (Phi) is 7.91. The Labute approximate surface area is 166 Å². The minimum absolute atomic E-state index is 0.177. The van der Waals surface area contributed by atoms with E-state index in [1.807, 2.05) is 39.0 Å². The van der Waals surface area contributed by atoms with E-state index in [-0.39, 0.29) is 24.4 Å². The molecule has 0 aliphatic heterocycles. The van der Waals surface area contributed by atoms with E-state index in [4.69, 9.17) is 14.2 Å². The molecule has 0 saturated heterocycles. The van der Waals surface area contributed by atoms with Gasteiger partial charge in [0.05, 0.1) is 23.7 Å². The first kappa shape index (κ1) is 21.0. The summed E-state index contributed by atoms with van der Waals surface area (Å²) in [5, 5.41) is 2.87. The summed E-state index contributed by atoms with van der Waals surface area (Å²) in [5.74, 6) is 1.05. The first-order chi connectivity index (χ1) is 12.9. The van der Waals surface area contributed by atoms with Crippen LogP contribution in [-0.2, 0) is 4.79 Å². The Morgan fingerprint density at radius 2 is 1.70 bits per heavy atom. The van der Waals surface area contributed by atoms with Gasteiger partial charge in [0.15, 0.2) is 18.1 Å². The van der Waals surface area contributed by atoms with Crippen molar-refractivity contribution < 1.29 is 23.4 Å². The second-order valence-corrected chi connectivity index (χ2v) is 6.58. The Morgan fingerprint density at radius 3 is 2.37 bits per heavy atom. The van der Waals surface area contributed by atoms with Crippen LogP contribution in [0.1, 0.15) is 32.4 Å². The van der Waals surface area contributed by atoms with E-state index in [0.717, 1.165) is 5.56 Å². The molecule has 0 fully saturated rings. The highest BCUT2D eigenvalue weighted by Crippen LogP contribution is 2.31. The van der Waals surface area contributed by atoms with Gasteiger partial charge < -0.3 is 19.5 Å². The van der Waals surface area contributed by atoms with Gasteiger partial charge in [-0.3, -0.25) is 4.79 Å². The van der Waals surface area contributed by atoms with Gasteiger partial charge in [0, 0.05) is 0 Å². The molecule has 1 atom stereocenters. The van der Waals surface area contributed by atoms with Gasteiger partial charge >= 0.3 is 0 Å². The molecule has 0 radical (unpaired) electrons. The standard InChI is InChI=1S/C20H23BrFNO4/c1-4-25-18-8-6-14(10-19(18)26-5-2)13(3)23-20(24)12-27-17-9-7-15(22)11-16(17)21/h6-11,13H,4-5,12H2,1-3H3,(H,23,24). The third-order valence-electron chi connectivity index (χ3n) is 3.70. The summed E-state index contributed by atoms with van der Waals surface area (Å²) in [5.41, 5.74) is 0.887. The van der Waals surface area contributed by atoms with Crippen molar-refractivity contribution in [2.75, 3.05) is 19.8 Å². The second kappa shape index (κ2) is 10.2. The summed E-state index contributed by atoms with van der Waals surface area (Å²) in [6.07, 6.45) is 0. The largest absolute Gasteiger partial charge is 0.490 e. The molecule has 0 heterocycles. The molecule has 0 saturated carbocycles. The third-order valence-corrected chi connectivity index (χ3v) is 4.32. The maximum atomic E-state index is 13.1. The van der Waals surface area contributed by atoms with E-state index in [2.05, 4.69) is 21.2 Å². The van der Waals surface area contributed by atoms with Gasteiger partial charge in [0.25, 0.3) is 5.91 Å². The zero-order valence-corrected chi connectivity index (χ0v) is 17.1. The minimum atomic E-state index is -0.382. The van der Waals surface area contributed by atoms with Crippen molar-refractivity contribution in [3.05, 3.63) is 52.3 Å². The number of carbonyl (C=O) groups is 1. The number of carbonyl (C=O) groups excluding carboxylic acids is 1. The van der Waals surface area contributed by atoms with Crippen molar-refractivity contribution in [3.63, 3.8) is 0 Å². The number of benzene rings is 2. The van der Waals surface area contributed by atoms with Crippen LogP contribution in [0.3, 0.4) is 0 Å². The smallest absolute Gasteiger partial charge is 0.258 e. The van der Waals surface area contributed by atoms with E-state index in [0.29, 0.717) is 34.9 Å². The summed E-state index contributed by atoms with van der Waals surface area (Å²) in [6.45, 7) is 6.57. The second-order valence-electron chi connectivity index (χ2n) is 5.72. The fraction of sp³-hybridized carbons (Fsp3) is 0.350. The van der Waals surface area contributed by atoms with Crippen LogP contribution in [0.5, 0.6) is 17.2 Å². The monoisotopic (exact) mass is 439 g/mol. The lowest BCUT2D eigenvalue weighted by Crippen LogP contribution is -2.31. The summed E-state index contributed by atoms with van der Waals surface area (Å²) >= 11 is 3.20. The topological polar surface area (TPSA) is 56.8 Å². The predicted octanol–water partition coefficient (Wildman–Crippen LogP) is 4.64. The first-order valence-electron chi connectivity index (χ1n) is 8.71. The van der Waals surface area contributed by atoms with Crippen LogP contribution in [0, 0.1) is 5.82 Å². The van der Waals surface area contributed by atoms with Crippen molar-refractivity contribution in [1.29, 1.82) is 0 Å². The SMILES string of the molecule is CCOc1ccc(C(C)NC(=O)COc2ccc(F)cc2Br)cc1OCC. The van der Waals surface area contributed by atoms with E-state index in [1.165, 1.54) is 18.2 Å². The first-order valence-corrected chi connectivity index (χ1v) is 9.50. The molecule has 0 aromatic heterocycles. The lowest BCUT2D eigenvalue weighted by Gasteiger charge is -2.18. The average molecular weight is 440 g/mol. The number of rotatable bonds is 9. The van der Waals surface area contributed by atoms with Gasteiger partial charge in [-0.2, -0.15) is 0 Å². The van der Waals surface area contributed by atoms with Crippen molar-refractivity contribution in [2.45, 2.75) is 26.8 Å². The number of nitrogens with one attached hydrogen (secondary N) is 1. The molecule has 1 N–H and O–H groups in total. The lowest BCUT2D eigenvalue weighted by molar-refractivity contribution is -0.123. The molecular weight excluding hydrogens is 417 g/mol. The highest BCUT2D eigenvalue weighted by Gasteiger charge is 2.14. The van der Waals surface area contributed by atoms with Gasteiger partial charge in [0.1, 0.15) is 11.6 Å². The fourth-order valence-electron chi connectivity index (χ4n) is 2.44. The summed E-state index contributed by atoms with van der Waals surface area (Å²) in [7, 11) is 0. The third kappa shape index (κ3) is 6.13. The molecule has 7 heteroatoms. The zero-order chi connectivity index (χ0) is 19.8. The molecule has 0 aliphatic rings. The number of hydrogen-bond acceptors (Lipinski definition) is 4. The highest BCUT2D eigenvalue weighted by molar-refractivity contribution is 9.10. The maximum Gasteiger partial charge on any atom is 0.258 e. The van der Waals surface area contributed by atoms with Crippen LogP contribution in [0.25, 0.3) is 0 Å². The molecule has 1 amide bonds. The number of halogens is 2. The van der Waals surface area contributed by atoms with Crippen molar-refractivity contribution in [3.8, 4) is 17.2 Å². The van der Waals surface area contributed by atoms with Crippen molar-refractivity contribution in [1.82, 2.24) is 5.32 Å². The van der Waals surface area contributed by atoms with Gasteiger partial charge in [-0.1, -0.05) is 6.07 Å². The lowest BCUT2D eigenvalue weighted by atomic mass is 10.1. The van der Waals surface area contributed by atoms with Gasteiger partial charge in [-0.05, 0) is 72.6 Å². The molecule has 5 nitrogen and oxygen atoms in total. The number of hydrogen-bond donors (Lipinski definition) is 1. The maximum absolute atomic E-state index is 13.1. The normalized spacial score (nSPS) is 11.6. The van der Waals surface area contributed by atoms with Gasteiger partial charge in [-0.15, -0.1) is 0 Å². The van der Waals surface area contributed by atoms with E-state index < -0.39 is 0 Å². The van der Waals surface area contributed by atoms with Crippen molar-refractivity contribution >= 4 is 21.8 Å². The zero-order valence-electron chi connectivity index (χ0n) is 15.6. The van der Waals surface area contributed by atoms with Crippen molar-refractivity contribution in [2.24, 2.45) is 0 Å². The van der Waals surface area contributed by atoms with Gasteiger partial charge in [-0.25, -0.2) is 4.39 Å². The summed E-state index contributed by atoms with van der Waals surface area (Å²) in [4.78, 5) is 12.2. The summed E-state index contributed by atoms with van der Waals surface area (Å²) < 4.78 is 30.1. The fourth-order valence-corrected chi connectivity index (χ4v) is 2.90. The minimum Gasteiger partial charge on any atom is -0.490 e. The van der Waals surface area contributed by atoms with Crippen LogP contribution in [0.2, 0.25) is 0 Å². The molecule has 1 unspecified atom stereocenters. The van der Waals surface area contributed by atoms with Crippen LogP contribution >= 0.6 is 15.9 Å². The average Bonchev–Trinajstić information content (AvgIpc) is 2.62. The molecule has 2 aromatic carbocycles. The Balaban J connectivity index is 1.98. The number of ether oxygens (including phenoxy) is 3. The molecule has 0 spiro atoms. The predicted molar refractivity (Wildman–Crippen MR) is 105 cm³/mol. The van der Waals surface area contributed by atoms with Crippen LogP contribution < -0.4 is 19.5 Å². The Morgan fingerprint density at radius 1 is 1.04 bits per heavy atom. The molecule has 0 bridgehead atoms. The van der Waals surface area contributed by atoms with Crippen LogP contribution in [0.4, 0.5) is 4.39 Å². The molecule has 146 valence electrons. The molecule has 2 aromatic rings. The van der Waals surface area contributed by atoms with Gasteiger partial charge in [0.2, 0.25) is 0 Å². The van der Waals surface area contributed by atoms with E-state index in [9.17, 15) is 9.18 Å². The summed E-state index contributed by atoms with van der Waals surface area (Å²) in [6, 6.07) is 9.36. The molecular formula is C20H23BrFNO4.